The molecule has 5 atom stereocenters. The van der Waals surface area contributed by atoms with Crippen molar-refractivity contribution >= 4 is 29.1 Å². The van der Waals surface area contributed by atoms with Crippen LogP contribution >= 0.6 is 23.2 Å². The summed E-state index contributed by atoms with van der Waals surface area (Å²) < 4.78 is 4.81. The molecular weight excluding hydrogens is 277 g/mol. The smallest absolute Gasteiger partial charge is 0.253 e. The maximum absolute atomic E-state index is 11.2. The van der Waals surface area contributed by atoms with E-state index in [9.17, 15) is 20.1 Å². The molecule has 0 aromatic rings. The van der Waals surface area contributed by atoms with Crippen LogP contribution in [-0.4, -0.2) is 68.4 Å². The molecule has 0 bridgehead atoms. The quantitative estimate of drug-likeness (QED) is 0.373. The molecule has 1 heterocycles. The van der Waals surface area contributed by atoms with Crippen molar-refractivity contribution in [2.45, 2.75) is 35.5 Å². The van der Waals surface area contributed by atoms with Gasteiger partial charge in [0, 0.05) is 0 Å². The molecule has 0 radical (unpaired) electrons. The maximum atomic E-state index is 11.2. The zero-order valence-corrected chi connectivity index (χ0v) is 10.0. The molecule has 0 aromatic heterocycles. The topological polar surface area (TPSA) is 119 Å². The van der Waals surface area contributed by atoms with Gasteiger partial charge in [0.25, 0.3) is 5.91 Å². The first-order chi connectivity index (χ1) is 7.88. The van der Waals surface area contributed by atoms with Gasteiger partial charge in [-0.25, -0.2) is 0 Å². The summed E-state index contributed by atoms with van der Waals surface area (Å²) in [5.41, 5.74) is 0. The summed E-state index contributed by atoms with van der Waals surface area (Å²) in [5, 5.41) is 39.6. The van der Waals surface area contributed by atoms with Gasteiger partial charge in [0.15, 0.2) is 11.1 Å². The molecule has 1 aliphatic heterocycles. The Labute approximate surface area is 107 Å². The van der Waals surface area contributed by atoms with Gasteiger partial charge in [-0.1, -0.05) is 23.2 Å². The van der Waals surface area contributed by atoms with Crippen molar-refractivity contribution in [1.82, 2.24) is 5.32 Å². The molecular formula is C8H13Cl2NO6. The third-order valence-corrected chi connectivity index (χ3v) is 2.80. The second-order valence-electron chi connectivity index (χ2n) is 3.56. The fourth-order valence-corrected chi connectivity index (χ4v) is 1.61. The predicted octanol–water partition coefficient (Wildman–Crippen LogP) is -2.29. The van der Waals surface area contributed by atoms with E-state index in [4.69, 9.17) is 33.0 Å². The highest BCUT2D eigenvalue weighted by Gasteiger charge is 2.44. The van der Waals surface area contributed by atoms with Crippen LogP contribution in [0.15, 0.2) is 0 Å². The number of hydrogen-bond donors (Lipinski definition) is 5. The van der Waals surface area contributed by atoms with Gasteiger partial charge >= 0.3 is 0 Å². The van der Waals surface area contributed by atoms with Crippen LogP contribution in [0.2, 0.25) is 0 Å². The Balaban J connectivity index is 2.69. The Kier molecular flexibility index (Phi) is 5.39. The Morgan fingerprint density at radius 1 is 1.29 bits per heavy atom. The summed E-state index contributed by atoms with van der Waals surface area (Å²) in [5.74, 6) is -0.838. The van der Waals surface area contributed by atoms with Crippen LogP contribution in [0.1, 0.15) is 0 Å². The van der Waals surface area contributed by atoms with Crippen LogP contribution < -0.4 is 5.32 Å². The van der Waals surface area contributed by atoms with E-state index in [-0.39, 0.29) is 0 Å². The van der Waals surface area contributed by atoms with E-state index in [1.807, 2.05) is 0 Å². The van der Waals surface area contributed by atoms with Crippen LogP contribution in [0.5, 0.6) is 0 Å². The van der Waals surface area contributed by atoms with Crippen molar-refractivity contribution in [2.75, 3.05) is 6.61 Å². The summed E-state index contributed by atoms with van der Waals surface area (Å²) in [6.45, 7) is -0.580. The van der Waals surface area contributed by atoms with Crippen molar-refractivity contribution in [3.63, 3.8) is 0 Å². The number of rotatable bonds is 3. The minimum atomic E-state index is -1.58. The Morgan fingerprint density at radius 2 is 1.88 bits per heavy atom. The molecule has 1 amide bonds. The number of carbonyl (C=O) groups is 1. The van der Waals surface area contributed by atoms with E-state index in [1.54, 1.807) is 0 Å². The van der Waals surface area contributed by atoms with Crippen LogP contribution in [0.4, 0.5) is 0 Å². The molecule has 1 aliphatic rings. The molecule has 5 N–H and O–H groups in total. The molecule has 0 saturated carbocycles. The lowest BCUT2D eigenvalue weighted by molar-refractivity contribution is -0.253. The summed E-state index contributed by atoms with van der Waals surface area (Å²) in [4.78, 5) is 9.80. The van der Waals surface area contributed by atoms with Gasteiger partial charge in [0.2, 0.25) is 0 Å². The van der Waals surface area contributed by atoms with E-state index in [0.29, 0.717) is 0 Å². The average Bonchev–Trinajstić information content (AvgIpc) is 2.28. The molecule has 0 spiro atoms. The molecule has 0 aliphatic carbocycles. The zero-order valence-electron chi connectivity index (χ0n) is 8.53. The Bertz CT molecular complexity index is 279. The van der Waals surface area contributed by atoms with Gasteiger partial charge in [-0.3, -0.25) is 4.79 Å². The van der Waals surface area contributed by atoms with Gasteiger partial charge in [-0.15, -0.1) is 0 Å². The lowest BCUT2D eigenvalue weighted by Gasteiger charge is -2.40. The predicted molar refractivity (Wildman–Crippen MR) is 57.4 cm³/mol. The highest BCUT2D eigenvalue weighted by Crippen LogP contribution is 2.20. The van der Waals surface area contributed by atoms with E-state index < -0.39 is 48.0 Å². The molecule has 0 aromatic carbocycles. The molecule has 7 nitrogen and oxygen atoms in total. The fourth-order valence-electron chi connectivity index (χ4n) is 1.48. The lowest BCUT2D eigenvalue weighted by Crippen LogP contribution is -2.64. The zero-order chi connectivity index (χ0) is 13.2. The minimum Gasteiger partial charge on any atom is -0.394 e. The number of nitrogens with one attached hydrogen (secondary N) is 1. The number of hydrogen-bond acceptors (Lipinski definition) is 6. The van der Waals surface area contributed by atoms with Crippen LogP contribution in [0.3, 0.4) is 0 Å². The molecule has 1 fully saturated rings. The molecule has 9 heteroatoms. The van der Waals surface area contributed by atoms with Crippen LogP contribution in [-0.2, 0) is 9.53 Å². The molecule has 0 unspecified atom stereocenters. The molecule has 17 heavy (non-hydrogen) atoms. The standard InChI is InChI=1S/C8H13Cl2NO6/c9-6(10)7(15)11-3-5(14)4(13)2(1-12)17-8(3)16/h2-6,8,12-14,16H,1H2,(H,11,15)/t2-,3-,4-,5-,8-/m1/s1. The third kappa shape index (κ3) is 3.41. The first kappa shape index (κ1) is 14.9. The highest BCUT2D eigenvalue weighted by atomic mass is 35.5. The number of aliphatic hydroxyl groups is 4. The van der Waals surface area contributed by atoms with E-state index >= 15 is 0 Å². The number of ether oxygens (including phenoxy) is 1. The second-order valence-corrected chi connectivity index (χ2v) is 4.66. The number of aliphatic hydroxyl groups excluding tert-OH is 4. The normalized spacial score (nSPS) is 38.2. The Hall–Kier alpha value is -0.150. The molecule has 1 rings (SSSR count). The monoisotopic (exact) mass is 289 g/mol. The first-order valence-corrected chi connectivity index (χ1v) is 5.64. The van der Waals surface area contributed by atoms with E-state index in [1.165, 1.54) is 0 Å². The average molecular weight is 290 g/mol. The molecule has 1 saturated heterocycles. The number of halogens is 2. The molecule has 100 valence electrons. The van der Waals surface area contributed by atoms with Crippen molar-refractivity contribution in [1.29, 1.82) is 0 Å². The lowest BCUT2D eigenvalue weighted by atomic mass is 9.97. The van der Waals surface area contributed by atoms with E-state index in [2.05, 4.69) is 5.32 Å². The number of carbonyl (C=O) groups excluding carboxylic acids is 1. The fraction of sp³-hybridized carbons (Fsp3) is 0.875. The minimum absolute atomic E-state index is 0.580. The first-order valence-electron chi connectivity index (χ1n) is 4.77. The van der Waals surface area contributed by atoms with Crippen molar-refractivity contribution in [3.8, 4) is 0 Å². The van der Waals surface area contributed by atoms with Crippen LogP contribution in [0.25, 0.3) is 0 Å². The van der Waals surface area contributed by atoms with Gasteiger partial charge in [0.05, 0.1) is 6.61 Å². The van der Waals surface area contributed by atoms with Gasteiger partial charge < -0.3 is 30.5 Å². The second kappa shape index (κ2) is 6.14. The largest absolute Gasteiger partial charge is 0.394 e. The van der Waals surface area contributed by atoms with Crippen molar-refractivity contribution < 1.29 is 30.0 Å². The summed E-state index contributed by atoms with van der Waals surface area (Å²) in [7, 11) is 0. The van der Waals surface area contributed by atoms with E-state index in [0.717, 1.165) is 0 Å². The van der Waals surface area contributed by atoms with Gasteiger partial charge in [-0.2, -0.15) is 0 Å². The number of amides is 1. The highest BCUT2D eigenvalue weighted by molar-refractivity contribution is 6.53. The van der Waals surface area contributed by atoms with Gasteiger partial charge in [-0.05, 0) is 0 Å². The SMILES string of the molecule is O=C(N[C@@H]1[C@@H](O)[C@H](O)[C@@H](CO)O[C@H]1O)C(Cl)Cl. The van der Waals surface area contributed by atoms with Gasteiger partial charge in [0.1, 0.15) is 24.4 Å². The van der Waals surface area contributed by atoms with Crippen molar-refractivity contribution in [2.24, 2.45) is 0 Å². The third-order valence-electron chi connectivity index (χ3n) is 2.41. The summed E-state index contributed by atoms with van der Waals surface area (Å²) >= 11 is 10.6. The summed E-state index contributed by atoms with van der Waals surface area (Å²) in [6, 6.07) is -1.28. The summed E-state index contributed by atoms with van der Waals surface area (Å²) in [6.07, 6.45) is -5.66. The number of alkyl halides is 2. The Morgan fingerprint density at radius 3 is 2.35 bits per heavy atom. The van der Waals surface area contributed by atoms with Crippen molar-refractivity contribution in [3.05, 3.63) is 0 Å². The van der Waals surface area contributed by atoms with Crippen LogP contribution in [0, 0.1) is 0 Å². The maximum Gasteiger partial charge on any atom is 0.253 e.